The first kappa shape index (κ1) is 17.2. The van der Waals surface area contributed by atoms with Crippen LogP contribution < -0.4 is 5.32 Å². The van der Waals surface area contributed by atoms with Crippen molar-refractivity contribution in [2.24, 2.45) is 0 Å². The van der Waals surface area contributed by atoms with E-state index < -0.39 is 6.09 Å². The van der Waals surface area contributed by atoms with Gasteiger partial charge < -0.3 is 10.0 Å². The third-order valence-corrected chi connectivity index (χ3v) is 5.39. The number of rotatable bonds is 4. The number of amides is 3. The van der Waals surface area contributed by atoms with Crippen molar-refractivity contribution in [2.45, 2.75) is 6.54 Å². The lowest BCUT2D eigenvalue weighted by Crippen LogP contribution is -2.23. The predicted octanol–water partition coefficient (Wildman–Crippen LogP) is 3.85. The van der Waals surface area contributed by atoms with Crippen LogP contribution in [0.5, 0.6) is 0 Å². The minimum atomic E-state index is -0.975. The van der Waals surface area contributed by atoms with Gasteiger partial charge in [-0.2, -0.15) is 0 Å². The second-order valence-corrected chi connectivity index (χ2v) is 7.52. The SMILES string of the molecule is CN(Cc1cccc(-c2ccc(/C=C3/SC(=O)NC3=O)s2)c1)C(=O)O. The molecule has 0 atom stereocenters. The molecule has 0 spiro atoms. The second kappa shape index (κ2) is 7.12. The Labute approximate surface area is 152 Å². The molecule has 0 bridgehead atoms. The summed E-state index contributed by atoms with van der Waals surface area (Å²) in [7, 11) is 1.52. The Balaban J connectivity index is 1.81. The lowest BCUT2D eigenvalue weighted by Gasteiger charge is -2.13. The Morgan fingerprint density at radius 2 is 2.08 bits per heavy atom. The number of nitrogens with one attached hydrogen (secondary N) is 1. The van der Waals surface area contributed by atoms with Gasteiger partial charge in [-0.3, -0.25) is 14.9 Å². The molecule has 2 heterocycles. The monoisotopic (exact) mass is 374 g/mol. The van der Waals surface area contributed by atoms with E-state index in [0.717, 1.165) is 32.6 Å². The summed E-state index contributed by atoms with van der Waals surface area (Å²) in [5.41, 5.74) is 1.87. The van der Waals surface area contributed by atoms with E-state index in [1.807, 2.05) is 36.4 Å². The lowest BCUT2D eigenvalue weighted by molar-refractivity contribution is -0.115. The molecule has 1 aliphatic rings. The van der Waals surface area contributed by atoms with Gasteiger partial charge in [0.15, 0.2) is 0 Å². The van der Waals surface area contributed by atoms with E-state index in [1.54, 1.807) is 6.08 Å². The largest absolute Gasteiger partial charge is 0.465 e. The predicted molar refractivity (Wildman–Crippen MR) is 98.4 cm³/mol. The van der Waals surface area contributed by atoms with Crippen molar-refractivity contribution in [2.75, 3.05) is 7.05 Å². The number of imide groups is 1. The highest BCUT2D eigenvalue weighted by atomic mass is 32.2. The number of nitrogens with zero attached hydrogens (tertiary/aromatic N) is 1. The van der Waals surface area contributed by atoms with Gasteiger partial charge in [-0.15, -0.1) is 11.3 Å². The number of carboxylic acid groups (broad SMARTS) is 1. The van der Waals surface area contributed by atoms with Crippen molar-refractivity contribution in [1.29, 1.82) is 0 Å². The van der Waals surface area contributed by atoms with Crippen molar-refractivity contribution >= 4 is 46.4 Å². The van der Waals surface area contributed by atoms with Gasteiger partial charge in [0, 0.05) is 23.3 Å². The zero-order valence-electron chi connectivity index (χ0n) is 13.2. The summed E-state index contributed by atoms with van der Waals surface area (Å²) in [6.07, 6.45) is 0.721. The molecule has 1 fully saturated rings. The molecule has 1 aliphatic heterocycles. The van der Waals surface area contributed by atoms with Crippen LogP contribution in [0.3, 0.4) is 0 Å². The molecule has 0 radical (unpaired) electrons. The summed E-state index contributed by atoms with van der Waals surface area (Å²) in [4.78, 5) is 37.2. The maximum Gasteiger partial charge on any atom is 0.407 e. The van der Waals surface area contributed by atoms with Crippen LogP contribution in [0, 0.1) is 0 Å². The standard InChI is InChI=1S/C17H14N2O4S2/c1-19(17(22)23)9-10-3-2-4-11(7-10)13-6-5-12(24-13)8-14-15(20)18-16(21)25-14/h2-8H,9H2,1H3,(H,22,23)(H,18,20,21)/b14-8+. The van der Waals surface area contributed by atoms with E-state index in [9.17, 15) is 14.4 Å². The highest BCUT2D eigenvalue weighted by Gasteiger charge is 2.25. The Hall–Kier alpha value is -2.58. The lowest BCUT2D eigenvalue weighted by atomic mass is 10.1. The summed E-state index contributed by atoms with van der Waals surface area (Å²) in [6, 6.07) is 11.5. The van der Waals surface area contributed by atoms with Crippen LogP contribution in [0.15, 0.2) is 41.3 Å². The summed E-state index contributed by atoms with van der Waals surface area (Å²) < 4.78 is 0. The fraction of sp³-hybridized carbons (Fsp3) is 0.118. The van der Waals surface area contributed by atoms with E-state index in [0.29, 0.717) is 11.4 Å². The molecule has 128 valence electrons. The van der Waals surface area contributed by atoms with Crippen LogP contribution in [-0.2, 0) is 11.3 Å². The molecule has 1 aromatic carbocycles. The summed E-state index contributed by atoms with van der Waals surface area (Å²) in [5.74, 6) is -0.372. The van der Waals surface area contributed by atoms with Gasteiger partial charge >= 0.3 is 6.09 Å². The highest BCUT2D eigenvalue weighted by molar-refractivity contribution is 8.18. The minimum absolute atomic E-state index is 0.310. The van der Waals surface area contributed by atoms with E-state index in [2.05, 4.69) is 5.32 Å². The first-order chi connectivity index (χ1) is 11.9. The molecule has 0 aliphatic carbocycles. The number of thioether (sulfide) groups is 1. The fourth-order valence-electron chi connectivity index (χ4n) is 2.30. The molecule has 2 aromatic rings. The first-order valence-electron chi connectivity index (χ1n) is 7.30. The average molecular weight is 374 g/mol. The van der Waals surface area contributed by atoms with Crippen LogP contribution in [0.4, 0.5) is 9.59 Å². The second-order valence-electron chi connectivity index (χ2n) is 5.39. The first-order valence-corrected chi connectivity index (χ1v) is 8.94. The molecule has 25 heavy (non-hydrogen) atoms. The quantitative estimate of drug-likeness (QED) is 0.794. The number of hydrogen-bond donors (Lipinski definition) is 2. The molecular weight excluding hydrogens is 360 g/mol. The zero-order valence-corrected chi connectivity index (χ0v) is 14.8. The normalized spacial score (nSPS) is 15.5. The van der Waals surface area contributed by atoms with E-state index in [1.165, 1.54) is 23.3 Å². The molecule has 1 saturated heterocycles. The Morgan fingerprint density at radius 1 is 1.28 bits per heavy atom. The van der Waals surface area contributed by atoms with Crippen LogP contribution >= 0.6 is 23.1 Å². The number of thiophene rings is 1. The fourth-order valence-corrected chi connectivity index (χ4v) is 4.00. The van der Waals surface area contributed by atoms with Gasteiger partial charge in [-0.05, 0) is 47.2 Å². The molecule has 0 unspecified atom stereocenters. The number of carbonyl (C=O) groups is 3. The number of carbonyl (C=O) groups excluding carboxylic acids is 2. The van der Waals surface area contributed by atoms with Gasteiger partial charge in [0.25, 0.3) is 11.1 Å². The Bertz CT molecular complexity index is 888. The van der Waals surface area contributed by atoms with Crippen molar-refractivity contribution < 1.29 is 19.5 Å². The van der Waals surface area contributed by atoms with Gasteiger partial charge in [-0.1, -0.05) is 18.2 Å². The molecule has 0 saturated carbocycles. The molecule has 6 nitrogen and oxygen atoms in total. The maximum absolute atomic E-state index is 11.6. The third-order valence-electron chi connectivity index (χ3n) is 3.50. The van der Waals surface area contributed by atoms with Crippen LogP contribution in [0.1, 0.15) is 10.4 Å². The summed E-state index contributed by atoms with van der Waals surface area (Å²) in [6.45, 7) is 0.310. The highest BCUT2D eigenvalue weighted by Crippen LogP contribution is 2.32. The minimum Gasteiger partial charge on any atom is -0.465 e. The summed E-state index contributed by atoms with van der Waals surface area (Å²) >= 11 is 2.39. The van der Waals surface area contributed by atoms with E-state index >= 15 is 0 Å². The van der Waals surface area contributed by atoms with E-state index in [4.69, 9.17) is 5.11 Å². The Morgan fingerprint density at radius 3 is 2.76 bits per heavy atom. The van der Waals surface area contributed by atoms with Crippen molar-refractivity contribution in [1.82, 2.24) is 10.2 Å². The number of benzene rings is 1. The van der Waals surface area contributed by atoms with Crippen molar-refractivity contribution in [3.05, 3.63) is 51.7 Å². The van der Waals surface area contributed by atoms with Gasteiger partial charge in [0.1, 0.15) is 0 Å². The molecule has 8 heteroatoms. The molecule has 3 amide bonds. The van der Waals surface area contributed by atoms with Gasteiger partial charge in [-0.25, -0.2) is 4.79 Å². The smallest absolute Gasteiger partial charge is 0.407 e. The average Bonchev–Trinajstić information content (AvgIpc) is 3.14. The Kier molecular flexibility index (Phi) is 4.91. The zero-order chi connectivity index (χ0) is 18.0. The molecule has 2 N–H and O–H groups in total. The molecule has 1 aromatic heterocycles. The topological polar surface area (TPSA) is 86.7 Å². The van der Waals surface area contributed by atoms with Crippen LogP contribution in [-0.4, -0.2) is 34.3 Å². The molecule has 3 rings (SSSR count). The van der Waals surface area contributed by atoms with Gasteiger partial charge in [0.2, 0.25) is 0 Å². The van der Waals surface area contributed by atoms with Crippen LogP contribution in [0.2, 0.25) is 0 Å². The van der Waals surface area contributed by atoms with E-state index in [-0.39, 0.29) is 11.1 Å². The van der Waals surface area contributed by atoms with Crippen molar-refractivity contribution in [3.63, 3.8) is 0 Å². The maximum atomic E-state index is 11.6. The molecular formula is C17H14N2O4S2. The van der Waals surface area contributed by atoms with Gasteiger partial charge in [0.05, 0.1) is 4.91 Å². The summed E-state index contributed by atoms with van der Waals surface area (Å²) in [5, 5.41) is 10.8. The van der Waals surface area contributed by atoms with Crippen LogP contribution in [0.25, 0.3) is 16.5 Å². The third kappa shape index (κ3) is 4.09. The number of hydrogen-bond acceptors (Lipinski definition) is 5. The van der Waals surface area contributed by atoms with Crippen molar-refractivity contribution in [3.8, 4) is 10.4 Å².